The SMILES string of the molecule is C.[2H]C(=O)C(=O)N1CCC[C@H]1C(=O)O[B]. The number of likely N-dealkylation sites (tertiary alicyclic amines) is 1. The molecule has 0 N–H and O–H groups in total. The third-order valence-electron chi connectivity index (χ3n) is 1.99. The smallest absolute Gasteiger partial charge is 0.378 e. The van der Waals surface area contributed by atoms with E-state index < -0.39 is 24.2 Å². The van der Waals surface area contributed by atoms with E-state index in [0.29, 0.717) is 12.8 Å². The standard InChI is InChI=1S/C7H8BNO4.CH4/c8-13-7(12)5-2-1-3-9(5)6(11)4-10;/h4-5H,1-3H2;1H4/t5-;/m0./s1/i4D;. The average molecular weight is 198 g/mol. The molecule has 1 amide bonds. The maximum Gasteiger partial charge on any atom is 0.378 e. The summed E-state index contributed by atoms with van der Waals surface area (Å²) in [5.74, 6) is -1.74. The number of aldehydes is 1. The highest BCUT2D eigenvalue weighted by atomic mass is 16.5. The molecule has 1 saturated heterocycles. The number of rotatable bonds is 2. The normalized spacial score (nSPS) is 20.7. The molecule has 1 aliphatic heterocycles. The van der Waals surface area contributed by atoms with Gasteiger partial charge < -0.3 is 9.55 Å². The number of carbonyl (C=O) groups is 3. The molecule has 0 bridgehead atoms. The first-order valence-corrected chi connectivity index (χ1v) is 3.80. The molecule has 2 radical (unpaired) electrons. The summed E-state index contributed by atoms with van der Waals surface area (Å²) >= 11 is 0. The van der Waals surface area contributed by atoms with Crippen LogP contribution in [0.2, 0.25) is 0 Å². The zero-order chi connectivity index (χ0) is 10.7. The second-order valence-electron chi connectivity index (χ2n) is 2.70. The lowest BCUT2D eigenvalue weighted by Gasteiger charge is -2.19. The van der Waals surface area contributed by atoms with Crippen molar-refractivity contribution in [2.24, 2.45) is 0 Å². The van der Waals surface area contributed by atoms with Crippen LogP contribution in [0.25, 0.3) is 0 Å². The van der Waals surface area contributed by atoms with Gasteiger partial charge in [0.15, 0.2) is 0 Å². The van der Waals surface area contributed by atoms with Gasteiger partial charge in [-0.3, -0.25) is 14.4 Å². The summed E-state index contributed by atoms with van der Waals surface area (Å²) in [6.45, 7) is 0.281. The molecule has 76 valence electrons. The zero-order valence-electron chi connectivity index (χ0n) is 7.86. The highest BCUT2D eigenvalue weighted by molar-refractivity contribution is 6.24. The van der Waals surface area contributed by atoms with Crippen LogP contribution in [0.1, 0.15) is 21.6 Å². The first-order valence-electron chi connectivity index (χ1n) is 4.30. The second kappa shape index (κ2) is 5.41. The van der Waals surface area contributed by atoms with Crippen molar-refractivity contribution >= 4 is 26.2 Å². The van der Waals surface area contributed by atoms with Crippen molar-refractivity contribution in [1.82, 2.24) is 4.90 Å². The van der Waals surface area contributed by atoms with Crippen LogP contribution in [-0.2, 0) is 19.0 Å². The molecule has 1 fully saturated rings. The Morgan fingerprint density at radius 3 is 2.79 bits per heavy atom. The molecule has 1 heterocycles. The molecular formula is C8H12BNO4. The molecule has 0 aromatic carbocycles. The van der Waals surface area contributed by atoms with Gasteiger partial charge in [-0.05, 0) is 12.8 Å². The Kier molecular flexibility index (Phi) is 4.16. The topological polar surface area (TPSA) is 63.7 Å². The van der Waals surface area contributed by atoms with Crippen LogP contribution in [0.3, 0.4) is 0 Å². The molecule has 0 aromatic rings. The first-order chi connectivity index (χ1) is 6.57. The minimum absolute atomic E-state index is 0. The van der Waals surface area contributed by atoms with Gasteiger partial charge in [-0.1, -0.05) is 7.43 Å². The number of nitrogens with zero attached hydrogens (tertiary/aromatic N) is 1. The number of hydrogen-bond acceptors (Lipinski definition) is 4. The first kappa shape index (κ1) is 10.8. The average Bonchev–Trinajstić information content (AvgIpc) is 2.63. The van der Waals surface area contributed by atoms with E-state index in [-0.39, 0.29) is 14.0 Å². The van der Waals surface area contributed by atoms with Crippen LogP contribution in [0, 0.1) is 0 Å². The van der Waals surface area contributed by atoms with Crippen LogP contribution < -0.4 is 0 Å². The Morgan fingerprint density at radius 1 is 1.64 bits per heavy atom. The molecule has 0 saturated carbocycles. The monoisotopic (exact) mass is 198 g/mol. The summed E-state index contributed by atoms with van der Waals surface area (Å²) in [5, 5.41) is 0. The van der Waals surface area contributed by atoms with Crippen LogP contribution >= 0.6 is 0 Å². The largest absolute Gasteiger partial charge is 0.542 e. The van der Waals surface area contributed by atoms with Gasteiger partial charge in [0.25, 0.3) is 5.91 Å². The molecule has 14 heavy (non-hydrogen) atoms. The molecule has 6 heteroatoms. The lowest BCUT2D eigenvalue weighted by atomic mass is 10.2. The minimum atomic E-state index is -1.33. The van der Waals surface area contributed by atoms with E-state index in [1.165, 1.54) is 0 Å². The minimum Gasteiger partial charge on any atom is -0.542 e. The fourth-order valence-electron chi connectivity index (χ4n) is 1.39. The quantitative estimate of drug-likeness (QED) is 0.339. The molecule has 0 unspecified atom stereocenters. The van der Waals surface area contributed by atoms with Crippen LogP contribution in [-0.4, -0.2) is 43.7 Å². The van der Waals surface area contributed by atoms with E-state index in [2.05, 4.69) is 12.7 Å². The van der Waals surface area contributed by atoms with E-state index >= 15 is 0 Å². The van der Waals surface area contributed by atoms with Crippen molar-refractivity contribution in [3.8, 4) is 0 Å². The zero-order valence-corrected chi connectivity index (χ0v) is 6.86. The predicted molar refractivity (Wildman–Crippen MR) is 49.4 cm³/mol. The summed E-state index contributed by atoms with van der Waals surface area (Å²) in [4.78, 5) is 33.7. The van der Waals surface area contributed by atoms with Gasteiger partial charge in [0.1, 0.15) is 7.41 Å². The molecule has 1 aliphatic rings. The summed E-state index contributed by atoms with van der Waals surface area (Å²) in [6, 6.07) is -0.818. The Hall–Kier alpha value is -1.33. The van der Waals surface area contributed by atoms with Crippen molar-refractivity contribution in [3.05, 3.63) is 0 Å². The molecule has 1 atom stereocenters. The summed E-state index contributed by atoms with van der Waals surface area (Å²) in [6.07, 6.45) is -0.324. The predicted octanol–water partition coefficient (Wildman–Crippen LogP) is -0.561. The van der Waals surface area contributed by atoms with Gasteiger partial charge in [-0.15, -0.1) is 0 Å². The molecule has 5 nitrogen and oxygen atoms in total. The fourth-order valence-corrected chi connectivity index (χ4v) is 1.39. The van der Waals surface area contributed by atoms with Crippen LogP contribution in [0.4, 0.5) is 0 Å². The van der Waals surface area contributed by atoms with Gasteiger partial charge in [0.05, 0.1) is 0 Å². The summed E-state index contributed by atoms with van der Waals surface area (Å²) in [5.41, 5.74) is 0. The van der Waals surface area contributed by atoms with E-state index in [0.717, 1.165) is 4.90 Å². The Morgan fingerprint density at radius 2 is 2.29 bits per heavy atom. The van der Waals surface area contributed by atoms with Gasteiger partial charge in [-0.25, -0.2) is 0 Å². The van der Waals surface area contributed by atoms with Crippen molar-refractivity contribution in [2.75, 3.05) is 6.54 Å². The highest BCUT2D eigenvalue weighted by Gasteiger charge is 2.33. The van der Waals surface area contributed by atoms with Crippen molar-refractivity contribution in [1.29, 1.82) is 0 Å². The highest BCUT2D eigenvalue weighted by Crippen LogP contribution is 2.17. The lowest BCUT2D eigenvalue weighted by molar-refractivity contribution is -0.147. The number of hydrogen-bond donors (Lipinski definition) is 0. The number of amides is 1. The fraction of sp³-hybridized carbons (Fsp3) is 0.625. The molecule has 1 rings (SSSR count). The Bertz CT molecular complexity index is 284. The van der Waals surface area contributed by atoms with Gasteiger partial charge in [-0.2, -0.15) is 0 Å². The summed E-state index contributed by atoms with van der Waals surface area (Å²) in [7, 11) is 4.67. The van der Waals surface area contributed by atoms with E-state index in [1.807, 2.05) is 0 Å². The maximum atomic E-state index is 11.1. The van der Waals surface area contributed by atoms with Gasteiger partial charge >= 0.3 is 14.0 Å². The van der Waals surface area contributed by atoms with Gasteiger partial charge in [0.2, 0.25) is 6.26 Å². The van der Waals surface area contributed by atoms with Crippen LogP contribution in [0.5, 0.6) is 0 Å². The Balaban J connectivity index is 0.00000196. The molecular weight excluding hydrogens is 185 g/mol. The van der Waals surface area contributed by atoms with Crippen LogP contribution in [0.15, 0.2) is 0 Å². The van der Waals surface area contributed by atoms with E-state index in [4.69, 9.17) is 1.37 Å². The second-order valence-corrected chi connectivity index (χ2v) is 2.70. The maximum absolute atomic E-state index is 11.1. The van der Waals surface area contributed by atoms with E-state index in [1.54, 1.807) is 0 Å². The summed E-state index contributed by atoms with van der Waals surface area (Å²) < 4.78 is 10.6. The van der Waals surface area contributed by atoms with Crippen molar-refractivity contribution < 1.29 is 20.4 Å². The van der Waals surface area contributed by atoms with Crippen molar-refractivity contribution in [3.63, 3.8) is 0 Å². The third-order valence-corrected chi connectivity index (χ3v) is 1.99. The van der Waals surface area contributed by atoms with Gasteiger partial charge in [0, 0.05) is 6.54 Å². The molecule has 0 spiro atoms. The van der Waals surface area contributed by atoms with Crippen molar-refractivity contribution in [2.45, 2.75) is 26.3 Å². The van der Waals surface area contributed by atoms with E-state index in [9.17, 15) is 14.4 Å². The molecule has 0 aliphatic carbocycles. The number of carbonyl (C=O) groups excluding carboxylic acids is 3. The Labute approximate surface area is 85.2 Å². The third kappa shape index (κ3) is 2.34. The lowest BCUT2D eigenvalue weighted by Crippen LogP contribution is -2.41. The molecule has 0 aromatic heterocycles.